The van der Waals surface area contributed by atoms with Crippen LogP contribution in [-0.2, 0) is 21.7 Å². The summed E-state index contributed by atoms with van der Waals surface area (Å²) >= 11 is 3.52. The van der Waals surface area contributed by atoms with Crippen molar-refractivity contribution in [3.8, 4) is 5.75 Å². The molecule has 0 saturated carbocycles. The first-order chi connectivity index (χ1) is 13.7. The summed E-state index contributed by atoms with van der Waals surface area (Å²) in [7, 11) is 0. The van der Waals surface area contributed by atoms with Crippen LogP contribution in [-0.4, -0.2) is 34.5 Å². The van der Waals surface area contributed by atoms with Crippen molar-refractivity contribution in [1.82, 2.24) is 4.90 Å². The second kappa shape index (κ2) is 7.11. The Hall–Kier alpha value is -2.45. The summed E-state index contributed by atoms with van der Waals surface area (Å²) in [5.41, 5.74) is 0.674. The molecule has 0 radical (unpaired) electrons. The van der Waals surface area contributed by atoms with Crippen molar-refractivity contribution >= 4 is 27.5 Å². The van der Waals surface area contributed by atoms with Gasteiger partial charge in [0.25, 0.3) is 5.69 Å². The van der Waals surface area contributed by atoms with Crippen LogP contribution in [0.1, 0.15) is 31.4 Å². The normalized spacial score (nSPS) is 22.9. The number of halogens is 1. The molecule has 1 amide bonds. The predicted molar refractivity (Wildman–Crippen MR) is 110 cm³/mol. The van der Waals surface area contributed by atoms with Crippen LogP contribution in [0.4, 0.5) is 5.69 Å². The van der Waals surface area contributed by atoms with Crippen molar-refractivity contribution in [1.29, 1.82) is 0 Å². The summed E-state index contributed by atoms with van der Waals surface area (Å²) in [6.07, 6.45) is 0.605. The zero-order valence-corrected chi connectivity index (χ0v) is 17.8. The van der Waals surface area contributed by atoms with E-state index in [1.54, 1.807) is 17.0 Å². The van der Waals surface area contributed by atoms with Crippen molar-refractivity contribution in [2.45, 2.75) is 38.0 Å². The van der Waals surface area contributed by atoms with Crippen molar-refractivity contribution in [3.05, 3.63) is 68.2 Å². The quantitative estimate of drug-likeness (QED) is 0.506. The fourth-order valence-corrected chi connectivity index (χ4v) is 4.52. The summed E-state index contributed by atoms with van der Waals surface area (Å²) in [5.74, 6) is 0.656. The molecule has 1 atom stereocenters. The molecule has 2 aliphatic heterocycles. The number of nitro benzene ring substituents is 1. The molecule has 2 aromatic rings. The Morgan fingerprint density at radius 1 is 1.21 bits per heavy atom. The number of carbonyl (C=O) groups excluding carboxylic acids is 1. The average Bonchev–Trinajstić information content (AvgIpc) is 2.65. The van der Waals surface area contributed by atoms with E-state index < -0.39 is 16.1 Å². The van der Waals surface area contributed by atoms with Gasteiger partial charge < -0.3 is 14.4 Å². The summed E-state index contributed by atoms with van der Waals surface area (Å²) in [6, 6.07) is 12.1. The molecule has 0 bridgehead atoms. The summed E-state index contributed by atoms with van der Waals surface area (Å²) in [5, 5.41) is 10.9. The van der Waals surface area contributed by atoms with E-state index in [-0.39, 0.29) is 18.2 Å². The van der Waals surface area contributed by atoms with Gasteiger partial charge in [-0.3, -0.25) is 14.9 Å². The van der Waals surface area contributed by atoms with Gasteiger partial charge in [-0.1, -0.05) is 28.1 Å². The fourth-order valence-electron chi connectivity index (χ4n) is 4.15. The summed E-state index contributed by atoms with van der Waals surface area (Å²) < 4.78 is 13.2. The van der Waals surface area contributed by atoms with Crippen LogP contribution in [0.2, 0.25) is 0 Å². The van der Waals surface area contributed by atoms with E-state index in [4.69, 9.17) is 9.47 Å². The Morgan fingerprint density at radius 3 is 2.62 bits per heavy atom. The Labute approximate surface area is 176 Å². The molecule has 0 aromatic heterocycles. The number of fused-ring (bicyclic) bond motifs is 2. The van der Waals surface area contributed by atoms with Gasteiger partial charge in [0.05, 0.1) is 11.5 Å². The van der Waals surface area contributed by atoms with Crippen LogP contribution in [0.15, 0.2) is 46.9 Å². The molecule has 2 heterocycles. The molecule has 8 heteroatoms. The van der Waals surface area contributed by atoms with Gasteiger partial charge in [-0.15, -0.1) is 0 Å². The van der Waals surface area contributed by atoms with Crippen molar-refractivity contribution in [2.75, 3.05) is 13.2 Å². The first kappa shape index (κ1) is 19.8. The predicted octanol–water partition coefficient (Wildman–Crippen LogP) is 4.17. The zero-order valence-electron chi connectivity index (χ0n) is 16.2. The first-order valence-electron chi connectivity index (χ1n) is 9.32. The van der Waals surface area contributed by atoms with Crippen LogP contribution >= 0.6 is 15.9 Å². The highest BCUT2D eigenvalue weighted by atomic mass is 79.9. The standard InChI is InChI=1S/C21H21BrN2O5/c1-20(2)12-21(17-9-15(22)5-8-18(17)29-20)13-23(19(25)11-28-21)10-14-3-6-16(7-4-14)24(26)27/h3-9H,10-13H2,1-2H3. The molecule has 29 heavy (non-hydrogen) atoms. The lowest BCUT2D eigenvalue weighted by molar-refractivity contribution is -0.384. The molecule has 4 rings (SSSR count). The van der Waals surface area contributed by atoms with Crippen LogP contribution in [0, 0.1) is 10.1 Å². The molecule has 0 aliphatic carbocycles. The van der Waals surface area contributed by atoms with Crippen molar-refractivity contribution in [3.63, 3.8) is 0 Å². The van der Waals surface area contributed by atoms with Crippen LogP contribution in [0.3, 0.4) is 0 Å². The third-order valence-electron chi connectivity index (χ3n) is 5.32. The second-order valence-electron chi connectivity index (χ2n) is 8.14. The zero-order chi connectivity index (χ0) is 20.8. The highest BCUT2D eigenvalue weighted by Crippen LogP contribution is 2.48. The minimum Gasteiger partial charge on any atom is -0.487 e. The molecule has 1 saturated heterocycles. The molecule has 152 valence electrons. The van der Waals surface area contributed by atoms with E-state index in [1.807, 2.05) is 32.0 Å². The largest absolute Gasteiger partial charge is 0.487 e. The molecule has 1 fully saturated rings. The van der Waals surface area contributed by atoms with Crippen LogP contribution < -0.4 is 4.74 Å². The number of nitrogens with zero attached hydrogens (tertiary/aromatic N) is 2. The lowest BCUT2D eigenvalue weighted by Crippen LogP contribution is -2.57. The minimum absolute atomic E-state index is 0.0188. The van der Waals surface area contributed by atoms with Gasteiger partial charge in [0, 0.05) is 35.1 Å². The Bertz CT molecular complexity index is 976. The SMILES string of the molecule is CC1(C)CC2(CN(Cc3ccc([N+](=O)[O-])cc3)C(=O)CO2)c2cc(Br)ccc2O1. The van der Waals surface area contributed by atoms with Crippen LogP contribution in [0.25, 0.3) is 0 Å². The highest BCUT2D eigenvalue weighted by Gasteiger charge is 2.50. The van der Waals surface area contributed by atoms with Gasteiger partial charge in [0.15, 0.2) is 0 Å². The van der Waals surface area contributed by atoms with E-state index in [0.29, 0.717) is 19.5 Å². The van der Waals surface area contributed by atoms with Crippen molar-refractivity contribution < 1.29 is 19.2 Å². The van der Waals surface area contributed by atoms with E-state index in [2.05, 4.69) is 15.9 Å². The number of carbonyl (C=O) groups is 1. The summed E-state index contributed by atoms with van der Waals surface area (Å²) in [4.78, 5) is 24.8. The number of hydrogen-bond acceptors (Lipinski definition) is 5. The van der Waals surface area contributed by atoms with Crippen LogP contribution in [0.5, 0.6) is 5.75 Å². The number of hydrogen-bond donors (Lipinski definition) is 0. The van der Waals surface area contributed by atoms with Gasteiger partial charge in [0.1, 0.15) is 23.6 Å². The Morgan fingerprint density at radius 2 is 1.93 bits per heavy atom. The fraction of sp³-hybridized carbons (Fsp3) is 0.381. The van der Waals surface area contributed by atoms with Gasteiger partial charge in [-0.2, -0.15) is 0 Å². The lowest BCUT2D eigenvalue weighted by Gasteiger charge is -2.50. The van der Waals surface area contributed by atoms with Gasteiger partial charge in [-0.05, 0) is 37.6 Å². The lowest BCUT2D eigenvalue weighted by atomic mass is 9.79. The number of benzene rings is 2. The number of nitro groups is 1. The topological polar surface area (TPSA) is 81.9 Å². The molecular weight excluding hydrogens is 440 g/mol. The maximum absolute atomic E-state index is 12.6. The number of amides is 1. The number of morpholine rings is 1. The van der Waals surface area contributed by atoms with Gasteiger partial charge >= 0.3 is 0 Å². The summed E-state index contributed by atoms with van der Waals surface area (Å²) in [6.45, 7) is 4.76. The third kappa shape index (κ3) is 3.86. The first-order valence-corrected chi connectivity index (χ1v) is 10.1. The number of non-ortho nitro benzene ring substituents is 1. The molecule has 0 N–H and O–H groups in total. The van der Waals surface area contributed by atoms with E-state index in [0.717, 1.165) is 21.3 Å². The second-order valence-corrected chi connectivity index (χ2v) is 9.05. The van der Waals surface area contributed by atoms with Crippen molar-refractivity contribution in [2.24, 2.45) is 0 Å². The molecule has 2 aliphatic rings. The smallest absolute Gasteiger partial charge is 0.269 e. The molecular formula is C21H21BrN2O5. The number of rotatable bonds is 3. The third-order valence-corrected chi connectivity index (χ3v) is 5.81. The maximum Gasteiger partial charge on any atom is 0.269 e. The van der Waals surface area contributed by atoms with Gasteiger partial charge in [0.2, 0.25) is 5.91 Å². The van der Waals surface area contributed by atoms with Gasteiger partial charge in [-0.25, -0.2) is 0 Å². The number of ether oxygens (including phenoxy) is 2. The molecule has 1 unspecified atom stereocenters. The molecule has 1 spiro atoms. The Kier molecular flexibility index (Phi) is 4.86. The Balaban J connectivity index is 1.65. The molecule has 2 aromatic carbocycles. The van der Waals surface area contributed by atoms with E-state index in [1.165, 1.54) is 12.1 Å². The monoisotopic (exact) mass is 460 g/mol. The maximum atomic E-state index is 12.6. The minimum atomic E-state index is -0.671. The average molecular weight is 461 g/mol. The van der Waals surface area contributed by atoms with E-state index >= 15 is 0 Å². The van der Waals surface area contributed by atoms with E-state index in [9.17, 15) is 14.9 Å². The molecule has 7 nitrogen and oxygen atoms in total. The highest BCUT2D eigenvalue weighted by molar-refractivity contribution is 9.10.